The highest BCUT2D eigenvalue weighted by Gasteiger charge is 2.13. The second-order valence-corrected chi connectivity index (χ2v) is 6.44. The third-order valence-corrected chi connectivity index (χ3v) is 4.49. The van der Waals surface area contributed by atoms with Gasteiger partial charge in [-0.25, -0.2) is 9.97 Å². The van der Waals surface area contributed by atoms with E-state index in [9.17, 15) is 0 Å². The summed E-state index contributed by atoms with van der Waals surface area (Å²) in [6.07, 6.45) is 3.33. The molecule has 5 heteroatoms. The summed E-state index contributed by atoms with van der Waals surface area (Å²) in [6.45, 7) is 5.31. The predicted molar refractivity (Wildman–Crippen MR) is 95.9 cm³/mol. The van der Waals surface area contributed by atoms with Gasteiger partial charge >= 0.3 is 0 Å². The minimum Gasteiger partial charge on any atom is -0.370 e. The molecule has 122 valence electrons. The number of piperidine rings is 1. The summed E-state index contributed by atoms with van der Waals surface area (Å²) in [6, 6.07) is 9.76. The number of benzene rings is 1. The molecule has 0 aliphatic carbocycles. The molecule has 0 amide bonds. The largest absolute Gasteiger partial charge is 0.370 e. The summed E-state index contributed by atoms with van der Waals surface area (Å²) in [5.74, 6) is 2.36. The van der Waals surface area contributed by atoms with Crippen LogP contribution in [-0.4, -0.2) is 29.6 Å². The van der Waals surface area contributed by atoms with E-state index in [0.29, 0.717) is 10.9 Å². The van der Waals surface area contributed by atoms with Crippen LogP contribution in [0.25, 0.3) is 11.4 Å². The van der Waals surface area contributed by atoms with E-state index in [1.807, 2.05) is 24.3 Å². The van der Waals surface area contributed by atoms with Crippen molar-refractivity contribution < 1.29 is 0 Å². The van der Waals surface area contributed by atoms with Gasteiger partial charge in [0.2, 0.25) is 0 Å². The maximum atomic E-state index is 6.09. The molecular formula is C18H23ClN4. The molecule has 23 heavy (non-hydrogen) atoms. The number of hydrogen-bond acceptors (Lipinski definition) is 4. The fourth-order valence-corrected chi connectivity index (χ4v) is 3.05. The minimum absolute atomic E-state index is 0.706. The lowest BCUT2D eigenvalue weighted by Gasteiger charge is -2.23. The van der Waals surface area contributed by atoms with Crippen LogP contribution in [0.2, 0.25) is 5.02 Å². The van der Waals surface area contributed by atoms with Crippen LogP contribution >= 0.6 is 11.6 Å². The topological polar surface area (TPSA) is 49.8 Å². The van der Waals surface area contributed by atoms with Crippen molar-refractivity contribution in [3.05, 3.63) is 41.0 Å². The second-order valence-electron chi connectivity index (χ2n) is 6.01. The predicted octanol–water partition coefficient (Wildman–Crippen LogP) is 3.77. The van der Waals surface area contributed by atoms with E-state index in [-0.39, 0.29) is 0 Å². The van der Waals surface area contributed by atoms with Crippen LogP contribution in [0, 0.1) is 5.92 Å². The van der Waals surface area contributed by atoms with Gasteiger partial charge in [-0.1, -0.05) is 30.7 Å². The highest BCUT2D eigenvalue weighted by atomic mass is 35.5. The fraction of sp³-hybridized carbons (Fsp3) is 0.444. The second kappa shape index (κ2) is 7.75. The van der Waals surface area contributed by atoms with E-state index in [2.05, 4.69) is 33.6 Å². The van der Waals surface area contributed by atoms with Crippen LogP contribution < -0.4 is 10.6 Å². The van der Waals surface area contributed by atoms with Crippen LogP contribution in [-0.2, 0) is 6.42 Å². The molecule has 1 saturated heterocycles. The summed E-state index contributed by atoms with van der Waals surface area (Å²) in [5, 5.41) is 7.61. The number of hydrogen-bond donors (Lipinski definition) is 2. The van der Waals surface area contributed by atoms with Gasteiger partial charge in [0, 0.05) is 28.9 Å². The first-order chi connectivity index (χ1) is 11.2. The monoisotopic (exact) mass is 330 g/mol. The maximum Gasteiger partial charge on any atom is 0.161 e. The third-order valence-electron chi connectivity index (χ3n) is 4.25. The number of halogens is 1. The molecule has 2 aromatic rings. The zero-order valence-electron chi connectivity index (χ0n) is 13.5. The number of rotatable bonds is 5. The van der Waals surface area contributed by atoms with Crippen molar-refractivity contribution in [1.82, 2.24) is 15.3 Å². The Hall–Kier alpha value is -1.65. The van der Waals surface area contributed by atoms with Crippen molar-refractivity contribution in [2.24, 2.45) is 5.92 Å². The molecule has 0 spiro atoms. The molecule has 1 fully saturated rings. The van der Waals surface area contributed by atoms with E-state index in [1.54, 1.807) is 0 Å². The van der Waals surface area contributed by atoms with Crippen LogP contribution in [0.4, 0.5) is 5.82 Å². The quantitative estimate of drug-likeness (QED) is 0.876. The van der Waals surface area contributed by atoms with Gasteiger partial charge in [-0.2, -0.15) is 0 Å². The lowest BCUT2D eigenvalue weighted by Crippen LogP contribution is -2.31. The number of nitrogens with one attached hydrogen (secondary N) is 2. The van der Waals surface area contributed by atoms with Gasteiger partial charge in [0.1, 0.15) is 5.82 Å². The molecule has 2 heterocycles. The molecule has 0 unspecified atom stereocenters. The Morgan fingerprint density at radius 1 is 1.22 bits per heavy atom. The van der Waals surface area contributed by atoms with E-state index in [4.69, 9.17) is 11.6 Å². The zero-order valence-corrected chi connectivity index (χ0v) is 14.2. The maximum absolute atomic E-state index is 6.09. The van der Waals surface area contributed by atoms with Crippen molar-refractivity contribution in [2.45, 2.75) is 26.2 Å². The Bertz CT molecular complexity index is 653. The molecular weight excluding hydrogens is 308 g/mol. The summed E-state index contributed by atoms with van der Waals surface area (Å²) >= 11 is 6.09. The van der Waals surface area contributed by atoms with Crippen molar-refractivity contribution in [2.75, 3.05) is 25.0 Å². The Morgan fingerprint density at radius 3 is 2.78 bits per heavy atom. The number of anilines is 1. The molecule has 0 radical (unpaired) electrons. The normalized spacial score (nSPS) is 15.6. The van der Waals surface area contributed by atoms with Crippen molar-refractivity contribution in [3.8, 4) is 11.4 Å². The lowest BCUT2D eigenvalue weighted by molar-refractivity contribution is 0.389. The summed E-state index contributed by atoms with van der Waals surface area (Å²) < 4.78 is 0. The Balaban J connectivity index is 1.78. The molecule has 3 rings (SSSR count). The first kappa shape index (κ1) is 16.2. The zero-order chi connectivity index (χ0) is 16.1. The third kappa shape index (κ3) is 4.43. The van der Waals surface area contributed by atoms with E-state index in [0.717, 1.165) is 49.0 Å². The summed E-state index contributed by atoms with van der Waals surface area (Å²) in [4.78, 5) is 9.32. The van der Waals surface area contributed by atoms with Crippen LogP contribution in [0.15, 0.2) is 30.3 Å². The molecule has 1 aromatic carbocycles. The first-order valence-corrected chi connectivity index (χ1v) is 8.71. The van der Waals surface area contributed by atoms with Crippen LogP contribution in [0.5, 0.6) is 0 Å². The summed E-state index contributed by atoms with van der Waals surface area (Å²) in [5.41, 5.74) is 2.00. The molecule has 4 nitrogen and oxygen atoms in total. The van der Waals surface area contributed by atoms with Gasteiger partial charge in [-0.3, -0.25) is 0 Å². The van der Waals surface area contributed by atoms with E-state index < -0.39 is 0 Å². The van der Waals surface area contributed by atoms with Crippen LogP contribution in [0.3, 0.4) is 0 Å². The van der Waals surface area contributed by atoms with Gasteiger partial charge in [-0.05, 0) is 50.4 Å². The Labute approximate surface area is 142 Å². The van der Waals surface area contributed by atoms with Gasteiger partial charge in [-0.15, -0.1) is 0 Å². The van der Waals surface area contributed by atoms with Gasteiger partial charge < -0.3 is 10.6 Å². The van der Waals surface area contributed by atoms with Crippen molar-refractivity contribution >= 4 is 17.4 Å². The Morgan fingerprint density at radius 2 is 2.04 bits per heavy atom. The van der Waals surface area contributed by atoms with Gasteiger partial charge in [0.05, 0.1) is 0 Å². The number of nitrogens with zero attached hydrogens (tertiary/aromatic N) is 2. The van der Waals surface area contributed by atoms with Gasteiger partial charge in [0.25, 0.3) is 0 Å². The molecule has 1 aromatic heterocycles. The molecule has 1 aliphatic heterocycles. The number of aryl methyl sites for hydroxylation is 1. The average Bonchev–Trinajstić information content (AvgIpc) is 2.60. The highest BCUT2D eigenvalue weighted by molar-refractivity contribution is 6.30. The summed E-state index contributed by atoms with van der Waals surface area (Å²) in [7, 11) is 0. The van der Waals surface area contributed by atoms with Crippen LogP contribution in [0.1, 0.15) is 25.5 Å². The van der Waals surface area contributed by atoms with Gasteiger partial charge in [0.15, 0.2) is 5.82 Å². The smallest absolute Gasteiger partial charge is 0.161 e. The fourth-order valence-electron chi connectivity index (χ4n) is 2.86. The average molecular weight is 331 g/mol. The minimum atomic E-state index is 0.706. The SMILES string of the molecule is CCc1cc(NCC2CCNCC2)nc(-c2cccc(Cl)c2)n1. The molecule has 0 atom stereocenters. The molecule has 1 aliphatic rings. The Kier molecular flexibility index (Phi) is 5.47. The van der Waals surface area contributed by atoms with E-state index >= 15 is 0 Å². The first-order valence-electron chi connectivity index (χ1n) is 8.33. The molecule has 0 bridgehead atoms. The molecule has 0 saturated carbocycles. The standard InChI is InChI=1S/C18H23ClN4/c1-2-16-11-17(21-12-13-6-8-20-9-7-13)23-18(22-16)14-4-3-5-15(19)10-14/h3-5,10-11,13,20H,2,6-9,12H2,1H3,(H,21,22,23). The van der Waals surface area contributed by atoms with Crippen molar-refractivity contribution in [1.29, 1.82) is 0 Å². The van der Waals surface area contributed by atoms with E-state index in [1.165, 1.54) is 12.8 Å². The number of aromatic nitrogens is 2. The lowest BCUT2D eigenvalue weighted by atomic mass is 9.98. The van der Waals surface area contributed by atoms with Crippen molar-refractivity contribution in [3.63, 3.8) is 0 Å². The molecule has 2 N–H and O–H groups in total. The highest BCUT2D eigenvalue weighted by Crippen LogP contribution is 2.22.